The van der Waals surface area contributed by atoms with Gasteiger partial charge in [-0.3, -0.25) is 19.2 Å². The molecule has 2 heterocycles. The number of hydrogen-bond acceptors (Lipinski definition) is 8. The summed E-state index contributed by atoms with van der Waals surface area (Å²) in [5, 5.41) is 14.1. The first kappa shape index (κ1) is 28.9. The molecule has 1 aromatic rings. The number of benzene rings is 1. The number of carbonyl (C=O) groups is 5. The first-order valence-electron chi connectivity index (χ1n) is 12.9. The Kier molecular flexibility index (Phi) is 10.5. The molecule has 3 rings (SSSR count). The van der Waals surface area contributed by atoms with Crippen LogP contribution in [0.25, 0.3) is 0 Å². The molecule has 38 heavy (non-hydrogen) atoms. The van der Waals surface area contributed by atoms with Crippen LogP contribution in [0.1, 0.15) is 45.1 Å². The number of aliphatic hydroxyl groups is 1. The largest absolute Gasteiger partial charge is 0.460 e. The lowest BCUT2D eigenvalue weighted by atomic mass is 10.1. The highest BCUT2D eigenvalue weighted by molar-refractivity contribution is 5.95. The fourth-order valence-corrected chi connectivity index (χ4v) is 4.86. The zero-order valence-electron chi connectivity index (χ0n) is 21.8. The molecule has 4 atom stereocenters. The van der Waals surface area contributed by atoms with Crippen molar-refractivity contribution in [2.75, 3.05) is 26.2 Å². The third-order valence-corrected chi connectivity index (χ3v) is 6.64. The Labute approximate surface area is 221 Å². The number of esters is 1. The van der Waals surface area contributed by atoms with E-state index in [1.807, 2.05) is 6.07 Å². The molecule has 0 spiro atoms. The van der Waals surface area contributed by atoms with E-state index in [1.54, 1.807) is 24.3 Å². The maximum Gasteiger partial charge on any atom is 0.408 e. The van der Waals surface area contributed by atoms with Crippen LogP contribution in [0.4, 0.5) is 4.79 Å². The molecule has 208 valence electrons. The smallest absolute Gasteiger partial charge is 0.408 e. The first-order valence-corrected chi connectivity index (χ1v) is 12.9. The standard InChI is InChI=1S/C26H36N4O8/c1-17(38-18(2)32)22(28-26(36)37-16-19-8-4-3-5-9-19)25(35)30-14-7-11-21(30)24(34)29-13-6-10-20(29)23(33)27-12-15-31/h3-5,8-9,17,20-22,31H,6-7,10-16H2,1-2H3,(H,27,33)(H,28,36)/t17?,20-,21-,22-/m0/s1. The second-order valence-electron chi connectivity index (χ2n) is 9.39. The second kappa shape index (κ2) is 13.8. The summed E-state index contributed by atoms with van der Waals surface area (Å²) in [5.74, 6) is -1.89. The number of rotatable bonds is 10. The Morgan fingerprint density at radius 1 is 1.03 bits per heavy atom. The minimum atomic E-state index is -1.28. The topological polar surface area (TPSA) is 155 Å². The highest BCUT2D eigenvalue weighted by atomic mass is 16.6. The number of ether oxygens (including phenoxy) is 2. The van der Waals surface area contributed by atoms with E-state index >= 15 is 0 Å². The van der Waals surface area contributed by atoms with Crippen molar-refractivity contribution in [2.24, 2.45) is 0 Å². The summed E-state index contributed by atoms with van der Waals surface area (Å²) in [7, 11) is 0. The summed E-state index contributed by atoms with van der Waals surface area (Å²) in [6, 6.07) is 6.24. The molecule has 12 nitrogen and oxygen atoms in total. The van der Waals surface area contributed by atoms with Crippen molar-refractivity contribution in [1.82, 2.24) is 20.4 Å². The van der Waals surface area contributed by atoms with E-state index in [0.29, 0.717) is 32.2 Å². The molecule has 2 aliphatic rings. The Bertz CT molecular complexity index is 1000. The molecule has 3 N–H and O–H groups in total. The number of aliphatic hydroxyl groups excluding tert-OH is 1. The van der Waals surface area contributed by atoms with Gasteiger partial charge in [-0.2, -0.15) is 0 Å². The van der Waals surface area contributed by atoms with Crippen molar-refractivity contribution in [3.05, 3.63) is 35.9 Å². The van der Waals surface area contributed by atoms with Crippen LogP contribution >= 0.6 is 0 Å². The fraction of sp³-hybridized carbons (Fsp3) is 0.577. The summed E-state index contributed by atoms with van der Waals surface area (Å²) >= 11 is 0. The molecular formula is C26H36N4O8. The second-order valence-corrected chi connectivity index (χ2v) is 9.39. The van der Waals surface area contributed by atoms with Crippen LogP contribution in [0, 0.1) is 0 Å². The summed E-state index contributed by atoms with van der Waals surface area (Å²) in [6.07, 6.45) is 0.205. The molecule has 1 aromatic carbocycles. The van der Waals surface area contributed by atoms with E-state index < -0.39 is 42.2 Å². The van der Waals surface area contributed by atoms with Gasteiger partial charge in [0.05, 0.1) is 6.61 Å². The normalized spacial score (nSPS) is 20.4. The Hall–Kier alpha value is -3.67. The SMILES string of the molecule is CC(=O)OC(C)[C@H](NC(=O)OCc1ccccc1)C(=O)N1CCC[C@H]1C(=O)N1CCC[C@H]1C(=O)NCCO. The monoisotopic (exact) mass is 532 g/mol. The van der Waals surface area contributed by atoms with Crippen LogP contribution in [0.5, 0.6) is 0 Å². The summed E-state index contributed by atoms with van der Waals surface area (Å²) < 4.78 is 10.5. The van der Waals surface area contributed by atoms with E-state index in [2.05, 4.69) is 10.6 Å². The van der Waals surface area contributed by atoms with Crippen molar-refractivity contribution in [3.8, 4) is 0 Å². The zero-order valence-corrected chi connectivity index (χ0v) is 21.8. The van der Waals surface area contributed by atoms with Gasteiger partial charge in [0.15, 0.2) is 0 Å². The summed E-state index contributed by atoms with van der Waals surface area (Å²) in [5.41, 5.74) is 0.756. The summed E-state index contributed by atoms with van der Waals surface area (Å²) in [6.45, 7) is 3.20. The van der Waals surface area contributed by atoms with Gasteiger partial charge in [0.1, 0.15) is 30.8 Å². The third-order valence-electron chi connectivity index (χ3n) is 6.64. The van der Waals surface area contributed by atoms with Crippen molar-refractivity contribution in [2.45, 2.75) is 70.4 Å². The molecule has 0 saturated carbocycles. The maximum atomic E-state index is 13.7. The van der Waals surface area contributed by atoms with E-state index in [0.717, 1.165) is 5.56 Å². The van der Waals surface area contributed by atoms with Crippen LogP contribution < -0.4 is 10.6 Å². The highest BCUT2D eigenvalue weighted by Crippen LogP contribution is 2.26. The molecule has 12 heteroatoms. The lowest BCUT2D eigenvalue weighted by Crippen LogP contribution is -2.59. The number of likely N-dealkylation sites (tertiary alicyclic amines) is 2. The predicted octanol–water partition coefficient (Wildman–Crippen LogP) is 0.324. The molecule has 0 radical (unpaired) electrons. The Balaban J connectivity index is 1.71. The van der Waals surface area contributed by atoms with Crippen molar-refractivity contribution in [1.29, 1.82) is 0 Å². The zero-order chi connectivity index (χ0) is 27.7. The number of nitrogens with one attached hydrogen (secondary N) is 2. The van der Waals surface area contributed by atoms with E-state index in [4.69, 9.17) is 14.6 Å². The number of nitrogens with zero attached hydrogens (tertiary/aromatic N) is 2. The highest BCUT2D eigenvalue weighted by Gasteiger charge is 2.44. The van der Waals surface area contributed by atoms with Crippen LogP contribution in [0.3, 0.4) is 0 Å². The molecule has 2 aliphatic heterocycles. The molecule has 4 amide bonds. The van der Waals surface area contributed by atoms with E-state index in [1.165, 1.54) is 23.6 Å². The number of carbonyl (C=O) groups excluding carboxylic acids is 5. The minimum Gasteiger partial charge on any atom is -0.460 e. The van der Waals surface area contributed by atoms with Crippen molar-refractivity contribution >= 4 is 29.8 Å². The van der Waals surface area contributed by atoms with Crippen LogP contribution in [-0.4, -0.2) is 95.2 Å². The van der Waals surface area contributed by atoms with Gasteiger partial charge in [-0.1, -0.05) is 30.3 Å². The van der Waals surface area contributed by atoms with Crippen LogP contribution in [0.2, 0.25) is 0 Å². The molecule has 1 unspecified atom stereocenters. The van der Waals surface area contributed by atoms with E-state index in [9.17, 15) is 24.0 Å². The molecule has 0 aromatic heterocycles. The maximum absolute atomic E-state index is 13.7. The van der Waals surface area contributed by atoms with Crippen LogP contribution in [0.15, 0.2) is 30.3 Å². The van der Waals surface area contributed by atoms with Gasteiger partial charge in [-0.25, -0.2) is 4.79 Å². The molecule has 2 saturated heterocycles. The lowest BCUT2D eigenvalue weighted by molar-refractivity contribution is -0.153. The molecule has 2 fully saturated rings. The summed E-state index contributed by atoms with van der Waals surface area (Å²) in [4.78, 5) is 66.7. The van der Waals surface area contributed by atoms with Gasteiger partial charge in [0.2, 0.25) is 17.7 Å². The predicted molar refractivity (Wildman–Crippen MR) is 134 cm³/mol. The Morgan fingerprint density at radius 3 is 2.34 bits per heavy atom. The number of alkyl carbamates (subject to hydrolysis) is 1. The van der Waals surface area contributed by atoms with Gasteiger partial charge in [0, 0.05) is 26.6 Å². The first-order chi connectivity index (χ1) is 18.2. The fourth-order valence-electron chi connectivity index (χ4n) is 4.86. The van der Waals surface area contributed by atoms with Gasteiger partial charge < -0.3 is 35.0 Å². The van der Waals surface area contributed by atoms with Gasteiger partial charge in [-0.15, -0.1) is 0 Å². The molecule has 0 aliphatic carbocycles. The van der Waals surface area contributed by atoms with Crippen LogP contribution in [-0.2, 0) is 35.3 Å². The quantitative estimate of drug-likeness (QED) is 0.364. The Morgan fingerprint density at radius 2 is 1.68 bits per heavy atom. The molecular weight excluding hydrogens is 496 g/mol. The number of amides is 4. The number of hydrogen-bond donors (Lipinski definition) is 3. The van der Waals surface area contributed by atoms with Crippen molar-refractivity contribution < 1.29 is 38.6 Å². The third kappa shape index (κ3) is 7.44. The van der Waals surface area contributed by atoms with E-state index in [-0.39, 0.29) is 38.1 Å². The van der Waals surface area contributed by atoms with Gasteiger partial charge in [-0.05, 0) is 38.2 Å². The average molecular weight is 533 g/mol. The van der Waals surface area contributed by atoms with Gasteiger partial charge in [0.25, 0.3) is 0 Å². The molecule has 0 bridgehead atoms. The van der Waals surface area contributed by atoms with Crippen molar-refractivity contribution in [3.63, 3.8) is 0 Å². The lowest BCUT2D eigenvalue weighted by Gasteiger charge is -2.34. The average Bonchev–Trinajstić information content (AvgIpc) is 3.59. The minimum absolute atomic E-state index is 0.0188. The van der Waals surface area contributed by atoms with Gasteiger partial charge >= 0.3 is 12.1 Å².